The molecule has 0 saturated heterocycles. The lowest BCUT2D eigenvalue weighted by atomic mass is 9.68. The van der Waals surface area contributed by atoms with Gasteiger partial charge in [0.1, 0.15) is 5.41 Å². The van der Waals surface area contributed by atoms with Crippen LogP contribution in [0.1, 0.15) is 25.3 Å². The zero-order valence-corrected chi connectivity index (χ0v) is 16.4. The molecule has 0 bridgehead atoms. The predicted molar refractivity (Wildman–Crippen MR) is 105 cm³/mol. The number of carboxylic acid groups (broad SMARTS) is 2. The molecule has 2 N–H and O–H groups in total. The van der Waals surface area contributed by atoms with E-state index in [1.54, 1.807) is 0 Å². The first kappa shape index (κ1) is 23.1. The van der Waals surface area contributed by atoms with Gasteiger partial charge in [-0.3, -0.25) is 4.79 Å². The second-order valence-corrected chi connectivity index (χ2v) is 6.44. The van der Waals surface area contributed by atoms with Crippen LogP contribution in [0.15, 0.2) is 54.6 Å². The first-order valence-corrected chi connectivity index (χ1v) is 8.95. The Kier molecular flexibility index (Phi) is 9.11. The molecule has 1 aromatic rings. The number of ether oxygens (including phenoxy) is 1. The van der Waals surface area contributed by atoms with Gasteiger partial charge in [0, 0.05) is 18.2 Å². The van der Waals surface area contributed by atoms with E-state index in [-0.39, 0.29) is 12.0 Å². The first-order chi connectivity index (χ1) is 13.3. The largest absolute Gasteiger partial charge is 0.478 e. The third-order valence-corrected chi connectivity index (χ3v) is 4.38. The van der Waals surface area contributed by atoms with Gasteiger partial charge in [-0.1, -0.05) is 42.5 Å². The summed E-state index contributed by atoms with van der Waals surface area (Å²) >= 11 is 0. The lowest BCUT2D eigenvalue weighted by Gasteiger charge is -2.42. The van der Waals surface area contributed by atoms with Gasteiger partial charge in [-0.2, -0.15) is 0 Å². The molecule has 152 valence electrons. The molecule has 0 fully saturated rings. The average molecular weight is 389 g/mol. The molecule has 0 unspecified atom stereocenters. The third kappa shape index (κ3) is 6.06. The Balaban J connectivity index is 0.000000416. The van der Waals surface area contributed by atoms with E-state index in [0.717, 1.165) is 18.4 Å². The van der Waals surface area contributed by atoms with Crippen molar-refractivity contribution in [1.82, 2.24) is 4.90 Å². The van der Waals surface area contributed by atoms with Crippen LogP contribution >= 0.6 is 0 Å². The molecule has 0 amide bonds. The molecular formula is C21H27NO6. The second kappa shape index (κ2) is 11.0. The third-order valence-electron chi connectivity index (χ3n) is 4.38. The van der Waals surface area contributed by atoms with Crippen molar-refractivity contribution in [3.63, 3.8) is 0 Å². The van der Waals surface area contributed by atoms with Gasteiger partial charge in [0.05, 0.1) is 6.61 Å². The molecule has 1 aromatic carbocycles. The average Bonchev–Trinajstić information content (AvgIpc) is 2.67. The van der Waals surface area contributed by atoms with Crippen molar-refractivity contribution in [2.75, 3.05) is 20.7 Å². The van der Waals surface area contributed by atoms with Gasteiger partial charge in [-0.25, -0.2) is 9.59 Å². The Hall–Kier alpha value is -2.93. The number of hydrogen-bond acceptors (Lipinski definition) is 5. The maximum atomic E-state index is 12.8. The van der Waals surface area contributed by atoms with Crippen LogP contribution in [-0.4, -0.2) is 59.8 Å². The summed E-state index contributed by atoms with van der Waals surface area (Å²) < 4.78 is 5.42. The van der Waals surface area contributed by atoms with E-state index in [1.165, 1.54) is 0 Å². The van der Waals surface area contributed by atoms with Crippen molar-refractivity contribution in [1.29, 1.82) is 0 Å². The topological polar surface area (TPSA) is 104 Å². The summed E-state index contributed by atoms with van der Waals surface area (Å²) in [6.07, 6.45) is 7.09. The van der Waals surface area contributed by atoms with Crippen LogP contribution in [0.5, 0.6) is 0 Å². The molecule has 0 saturated carbocycles. The highest BCUT2D eigenvalue weighted by Gasteiger charge is 2.49. The molecule has 0 radical (unpaired) electrons. The van der Waals surface area contributed by atoms with Crippen LogP contribution in [0.2, 0.25) is 0 Å². The van der Waals surface area contributed by atoms with Crippen LogP contribution in [0.4, 0.5) is 0 Å². The van der Waals surface area contributed by atoms with Gasteiger partial charge < -0.3 is 19.8 Å². The Morgan fingerprint density at radius 2 is 1.71 bits per heavy atom. The lowest BCUT2D eigenvalue weighted by Crippen LogP contribution is -2.54. The van der Waals surface area contributed by atoms with Crippen LogP contribution in [0, 0.1) is 0 Å². The second-order valence-electron chi connectivity index (χ2n) is 6.44. The van der Waals surface area contributed by atoms with Crippen LogP contribution in [0.25, 0.3) is 0 Å². The maximum absolute atomic E-state index is 12.8. The molecule has 0 aliphatic heterocycles. The number of rotatable bonds is 6. The number of benzene rings is 1. The summed E-state index contributed by atoms with van der Waals surface area (Å²) in [5.74, 6) is -2.63. The maximum Gasteiger partial charge on any atom is 0.328 e. The van der Waals surface area contributed by atoms with Crippen LogP contribution in [0.3, 0.4) is 0 Å². The number of carbonyl (C=O) groups is 3. The zero-order chi connectivity index (χ0) is 21.2. The fourth-order valence-electron chi connectivity index (χ4n) is 3.25. The molecule has 7 heteroatoms. The van der Waals surface area contributed by atoms with Crippen LogP contribution < -0.4 is 0 Å². The van der Waals surface area contributed by atoms with Crippen molar-refractivity contribution in [2.24, 2.45) is 0 Å². The van der Waals surface area contributed by atoms with E-state index in [1.807, 2.05) is 51.4 Å². The molecule has 1 aliphatic rings. The minimum absolute atomic E-state index is 0.0256. The Morgan fingerprint density at radius 3 is 2.18 bits per heavy atom. The molecule has 0 spiro atoms. The Morgan fingerprint density at radius 1 is 1.14 bits per heavy atom. The molecular weight excluding hydrogens is 362 g/mol. The van der Waals surface area contributed by atoms with Crippen molar-refractivity contribution in [3.05, 3.63) is 60.2 Å². The van der Waals surface area contributed by atoms with E-state index in [4.69, 9.17) is 14.9 Å². The number of esters is 1. The highest BCUT2D eigenvalue weighted by molar-refractivity contribution is 5.89. The molecule has 0 heterocycles. The SMILES string of the molecule is CCOC(=O)[C@]1(c2ccccc2)CCC=C[C@H]1N(C)C.O=C(O)/C=C/C(=O)O. The van der Waals surface area contributed by atoms with Crippen molar-refractivity contribution in [2.45, 2.75) is 31.2 Å². The minimum Gasteiger partial charge on any atom is -0.478 e. The number of hydrogen-bond donors (Lipinski definition) is 2. The number of nitrogens with zero attached hydrogens (tertiary/aromatic N) is 1. The standard InChI is InChI=1S/C17H23NO2.C4H4O4/c1-4-20-16(19)17(14-10-6-5-7-11-14)13-9-8-12-15(17)18(2)3;5-3(6)1-2-4(7)8/h5-8,10-12,15H,4,9,13H2,1-3H3;1-2H,(H,5,6)(H,7,8)/b;2-1+/t15-,17+;/m1./s1. The van der Waals surface area contributed by atoms with E-state index >= 15 is 0 Å². The number of carboxylic acids is 2. The van der Waals surface area contributed by atoms with E-state index in [0.29, 0.717) is 18.8 Å². The predicted octanol–water partition coefficient (Wildman–Crippen LogP) is 2.48. The smallest absolute Gasteiger partial charge is 0.328 e. The summed E-state index contributed by atoms with van der Waals surface area (Å²) in [7, 11) is 4.02. The fraction of sp³-hybridized carbons (Fsp3) is 0.381. The van der Waals surface area contributed by atoms with Gasteiger partial charge in [-0.15, -0.1) is 0 Å². The summed E-state index contributed by atoms with van der Waals surface area (Å²) in [4.78, 5) is 34.0. The van der Waals surface area contributed by atoms with Gasteiger partial charge >= 0.3 is 17.9 Å². The van der Waals surface area contributed by atoms with E-state index in [2.05, 4.69) is 17.1 Å². The summed E-state index contributed by atoms with van der Waals surface area (Å²) in [6, 6.07) is 10.0. The quantitative estimate of drug-likeness (QED) is 0.437. The lowest BCUT2D eigenvalue weighted by molar-refractivity contribution is -0.153. The summed E-state index contributed by atoms with van der Waals surface area (Å²) in [6.45, 7) is 2.28. The van der Waals surface area contributed by atoms with Gasteiger partial charge in [0.2, 0.25) is 0 Å². The van der Waals surface area contributed by atoms with Gasteiger partial charge in [0.25, 0.3) is 0 Å². The highest BCUT2D eigenvalue weighted by atomic mass is 16.5. The first-order valence-electron chi connectivity index (χ1n) is 8.95. The summed E-state index contributed by atoms with van der Waals surface area (Å²) in [5, 5.41) is 15.6. The minimum atomic E-state index is -1.26. The van der Waals surface area contributed by atoms with Gasteiger partial charge in [0.15, 0.2) is 0 Å². The number of aliphatic carboxylic acids is 2. The number of likely N-dealkylation sites (N-methyl/N-ethyl adjacent to an activating group) is 1. The molecule has 28 heavy (non-hydrogen) atoms. The van der Waals surface area contributed by atoms with Crippen molar-refractivity contribution < 1.29 is 29.3 Å². The fourth-order valence-corrected chi connectivity index (χ4v) is 3.25. The van der Waals surface area contributed by atoms with Crippen LogP contribution in [-0.2, 0) is 24.5 Å². The molecule has 2 atom stereocenters. The molecule has 7 nitrogen and oxygen atoms in total. The van der Waals surface area contributed by atoms with Crippen molar-refractivity contribution in [3.8, 4) is 0 Å². The van der Waals surface area contributed by atoms with E-state index < -0.39 is 17.4 Å². The normalized spacial score (nSPS) is 21.1. The zero-order valence-electron chi connectivity index (χ0n) is 16.4. The molecule has 1 aliphatic carbocycles. The Labute approximate surface area is 164 Å². The van der Waals surface area contributed by atoms with Crippen molar-refractivity contribution >= 4 is 17.9 Å². The highest BCUT2D eigenvalue weighted by Crippen LogP contribution is 2.40. The molecule has 2 rings (SSSR count). The summed E-state index contributed by atoms with van der Waals surface area (Å²) in [5.41, 5.74) is 0.441. The Bertz CT molecular complexity index is 710. The number of allylic oxidation sites excluding steroid dienone is 1. The number of carbonyl (C=O) groups excluding carboxylic acids is 1. The van der Waals surface area contributed by atoms with Gasteiger partial charge in [-0.05, 0) is 39.4 Å². The van der Waals surface area contributed by atoms with E-state index in [9.17, 15) is 14.4 Å². The molecule has 0 aromatic heterocycles. The monoisotopic (exact) mass is 389 g/mol.